The molecule has 0 radical (unpaired) electrons. The molecule has 3 rings (SSSR count). The first-order valence-corrected chi connectivity index (χ1v) is 6.14. The highest BCUT2D eigenvalue weighted by atomic mass is 16.5. The lowest BCUT2D eigenvalue weighted by molar-refractivity contribution is 0.0472. The van der Waals surface area contributed by atoms with Gasteiger partial charge >= 0.3 is 5.97 Å². The Bertz CT molecular complexity index is 799. The molecule has 0 atom stereocenters. The van der Waals surface area contributed by atoms with E-state index in [1.165, 1.54) is 18.6 Å². The zero-order valence-electron chi connectivity index (χ0n) is 10.9. The van der Waals surface area contributed by atoms with Crippen LogP contribution in [-0.2, 0) is 11.3 Å². The van der Waals surface area contributed by atoms with E-state index in [9.17, 15) is 4.79 Å². The Morgan fingerprint density at radius 3 is 2.86 bits per heavy atom. The topological polar surface area (TPSA) is 117 Å². The molecule has 0 unspecified atom stereocenters. The zero-order valence-corrected chi connectivity index (χ0v) is 10.9. The van der Waals surface area contributed by atoms with E-state index in [0.717, 1.165) is 5.56 Å². The van der Waals surface area contributed by atoms with Gasteiger partial charge < -0.3 is 20.6 Å². The van der Waals surface area contributed by atoms with Gasteiger partial charge in [-0.15, -0.1) is 0 Å². The van der Waals surface area contributed by atoms with Crippen molar-refractivity contribution in [2.75, 3.05) is 11.5 Å². The van der Waals surface area contributed by atoms with Crippen LogP contribution in [0.25, 0.3) is 10.9 Å². The van der Waals surface area contributed by atoms with E-state index in [1.807, 2.05) is 0 Å². The molecule has 0 amide bonds. The summed E-state index contributed by atoms with van der Waals surface area (Å²) in [6.45, 7) is 0.115. The molecule has 21 heavy (non-hydrogen) atoms. The van der Waals surface area contributed by atoms with Gasteiger partial charge in [0.15, 0.2) is 0 Å². The van der Waals surface area contributed by atoms with Crippen LogP contribution in [0.3, 0.4) is 0 Å². The predicted octanol–water partition coefficient (Wildman–Crippen LogP) is 1.74. The summed E-state index contributed by atoms with van der Waals surface area (Å²) in [7, 11) is 0. The van der Waals surface area contributed by atoms with Gasteiger partial charge in [-0.05, 0) is 23.8 Å². The number of fused-ring (bicyclic) bond motifs is 1. The molecule has 0 bridgehead atoms. The largest absolute Gasteiger partial charge is 0.472 e. The van der Waals surface area contributed by atoms with E-state index in [1.54, 1.807) is 18.2 Å². The van der Waals surface area contributed by atoms with Crippen molar-refractivity contribution in [3.63, 3.8) is 0 Å². The number of rotatable bonds is 3. The minimum absolute atomic E-state index is 0.115. The van der Waals surface area contributed by atoms with Crippen LogP contribution in [0, 0.1) is 0 Å². The fraction of sp³-hybridized carbons (Fsp3) is 0.0714. The number of furan rings is 1. The third-order valence-electron chi connectivity index (χ3n) is 2.93. The predicted molar refractivity (Wildman–Crippen MR) is 76.2 cm³/mol. The molecular weight excluding hydrogens is 272 g/mol. The second-order valence-electron chi connectivity index (χ2n) is 4.41. The first-order valence-electron chi connectivity index (χ1n) is 6.14. The summed E-state index contributed by atoms with van der Waals surface area (Å²) in [4.78, 5) is 19.7. The maximum atomic E-state index is 11.7. The van der Waals surface area contributed by atoms with E-state index in [0.29, 0.717) is 22.3 Å². The molecule has 0 aliphatic rings. The molecule has 0 aliphatic carbocycles. The normalized spacial score (nSPS) is 10.7. The summed E-state index contributed by atoms with van der Waals surface area (Å²) in [5.41, 5.74) is 13.1. The monoisotopic (exact) mass is 284 g/mol. The Balaban J connectivity index is 1.80. The van der Waals surface area contributed by atoms with Gasteiger partial charge in [0.2, 0.25) is 5.95 Å². The van der Waals surface area contributed by atoms with Crippen LogP contribution in [0.1, 0.15) is 15.9 Å². The van der Waals surface area contributed by atoms with Gasteiger partial charge in [-0.25, -0.2) is 9.78 Å². The first-order chi connectivity index (χ1) is 10.1. The van der Waals surface area contributed by atoms with Crippen LogP contribution >= 0.6 is 0 Å². The number of nitrogens with two attached hydrogens (primary N) is 2. The fourth-order valence-corrected chi connectivity index (χ4v) is 1.92. The Hall–Kier alpha value is -3.09. The third kappa shape index (κ3) is 2.62. The van der Waals surface area contributed by atoms with Gasteiger partial charge in [0.05, 0.1) is 17.3 Å². The number of ether oxygens (including phenoxy) is 1. The molecule has 0 fully saturated rings. The fourth-order valence-electron chi connectivity index (χ4n) is 1.92. The van der Waals surface area contributed by atoms with Crippen molar-refractivity contribution in [2.24, 2.45) is 0 Å². The summed E-state index contributed by atoms with van der Waals surface area (Å²) >= 11 is 0. The molecule has 3 aromatic rings. The van der Waals surface area contributed by atoms with Gasteiger partial charge in [-0.3, -0.25) is 0 Å². The molecule has 0 saturated carbocycles. The molecule has 1 aromatic carbocycles. The number of anilines is 2. The van der Waals surface area contributed by atoms with Gasteiger partial charge in [0.1, 0.15) is 18.7 Å². The van der Waals surface area contributed by atoms with Crippen molar-refractivity contribution < 1.29 is 13.9 Å². The number of hydrogen-bond acceptors (Lipinski definition) is 7. The quantitative estimate of drug-likeness (QED) is 0.703. The van der Waals surface area contributed by atoms with E-state index in [2.05, 4.69) is 9.97 Å². The zero-order chi connectivity index (χ0) is 14.8. The summed E-state index contributed by atoms with van der Waals surface area (Å²) in [6, 6.07) is 6.85. The Morgan fingerprint density at radius 1 is 1.24 bits per heavy atom. The number of hydrogen-bond donors (Lipinski definition) is 2. The van der Waals surface area contributed by atoms with Crippen molar-refractivity contribution in [1.29, 1.82) is 0 Å². The van der Waals surface area contributed by atoms with Crippen molar-refractivity contribution in [1.82, 2.24) is 9.97 Å². The number of nitrogen functional groups attached to an aromatic ring is 2. The maximum Gasteiger partial charge on any atom is 0.341 e. The lowest BCUT2D eigenvalue weighted by atomic mass is 10.1. The molecule has 0 spiro atoms. The maximum absolute atomic E-state index is 11.7. The number of carbonyl (C=O) groups is 1. The highest BCUT2D eigenvalue weighted by molar-refractivity contribution is 5.90. The highest BCUT2D eigenvalue weighted by Gasteiger charge is 2.09. The van der Waals surface area contributed by atoms with Crippen LogP contribution in [-0.4, -0.2) is 15.9 Å². The molecule has 4 N–H and O–H groups in total. The molecule has 2 heterocycles. The molecule has 7 nitrogen and oxygen atoms in total. The number of esters is 1. The standard InChI is InChI=1S/C14H12N4O3/c15-12-10-5-8(1-2-11(10)17-14(16)18-12)6-21-13(19)9-3-4-20-7-9/h1-5,7H,6H2,(H4,15,16,17,18). The Morgan fingerprint density at radius 2 is 2.10 bits per heavy atom. The van der Waals surface area contributed by atoms with Gasteiger partial charge in [0, 0.05) is 5.39 Å². The van der Waals surface area contributed by atoms with Crippen LogP contribution in [0.2, 0.25) is 0 Å². The molecular formula is C14H12N4O3. The molecule has 0 aliphatic heterocycles. The van der Waals surface area contributed by atoms with Crippen LogP contribution in [0.5, 0.6) is 0 Å². The lowest BCUT2D eigenvalue weighted by Crippen LogP contribution is -2.04. The molecule has 7 heteroatoms. The van der Waals surface area contributed by atoms with E-state index in [4.69, 9.17) is 20.6 Å². The minimum atomic E-state index is -0.453. The number of nitrogens with zero attached hydrogens (tertiary/aromatic N) is 2. The smallest absolute Gasteiger partial charge is 0.341 e. The Kier molecular flexibility index (Phi) is 3.15. The number of aromatic nitrogens is 2. The van der Waals surface area contributed by atoms with Crippen molar-refractivity contribution in [3.8, 4) is 0 Å². The Labute approximate surface area is 119 Å². The van der Waals surface area contributed by atoms with Crippen LogP contribution in [0.4, 0.5) is 11.8 Å². The van der Waals surface area contributed by atoms with E-state index >= 15 is 0 Å². The second-order valence-corrected chi connectivity index (χ2v) is 4.41. The SMILES string of the molecule is Nc1nc(N)c2cc(COC(=O)c3ccoc3)ccc2n1. The minimum Gasteiger partial charge on any atom is -0.472 e. The molecule has 2 aromatic heterocycles. The first kappa shape index (κ1) is 12.9. The van der Waals surface area contributed by atoms with Gasteiger partial charge in [0.25, 0.3) is 0 Å². The third-order valence-corrected chi connectivity index (χ3v) is 2.93. The summed E-state index contributed by atoms with van der Waals surface area (Å²) < 4.78 is 10.0. The average molecular weight is 284 g/mol. The number of benzene rings is 1. The average Bonchev–Trinajstić information content (AvgIpc) is 2.99. The van der Waals surface area contributed by atoms with Gasteiger partial charge in [-0.1, -0.05) is 6.07 Å². The summed E-state index contributed by atoms with van der Waals surface area (Å²) in [5.74, 6) is -0.0370. The van der Waals surface area contributed by atoms with Crippen molar-refractivity contribution in [3.05, 3.63) is 47.9 Å². The van der Waals surface area contributed by atoms with E-state index < -0.39 is 5.97 Å². The van der Waals surface area contributed by atoms with Crippen molar-refractivity contribution in [2.45, 2.75) is 6.61 Å². The highest BCUT2D eigenvalue weighted by Crippen LogP contribution is 2.20. The summed E-state index contributed by atoms with van der Waals surface area (Å²) in [6.07, 6.45) is 2.74. The molecule has 0 saturated heterocycles. The van der Waals surface area contributed by atoms with E-state index in [-0.39, 0.29) is 12.6 Å². The second kappa shape index (κ2) is 5.12. The summed E-state index contributed by atoms with van der Waals surface area (Å²) in [5, 5.41) is 0.668. The van der Waals surface area contributed by atoms with Crippen LogP contribution in [0.15, 0.2) is 41.2 Å². The van der Waals surface area contributed by atoms with Crippen molar-refractivity contribution >= 4 is 28.6 Å². The van der Waals surface area contributed by atoms with Crippen LogP contribution < -0.4 is 11.5 Å². The number of carbonyl (C=O) groups excluding carboxylic acids is 1. The molecule has 106 valence electrons. The lowest BCUT2D eigenvalue weighted by Gasteiger charge is -2.06. The van der Waals surface area contributed by atoms with Gasteiger partial charge in [-0.2, -0.15) is 4.98 Å².